The summed E-state index contributed by atoms with van der Waals surface area (Å²) in [4.78, 5) is 13.1. The summed E-state index contributed by atoms with van der Waals surface area (Å²) >= 11 is 1.48. The first kappa shape index (κ1) is 19.4. The third kappa shape index (κ3) is 3.44. The molecule has 3 aromatic rings. The summed E-state index contributed by atoms with van der Waals surface area (Å²) < 4.78 is 38.9. The smallest absolute Gasteiger partial charge is 0.383 e. The molecule has 0 radical (unpaired) electrons. The first-order chi connectivity index (χ1) is 14.3. The first-order valence-corrected chi connectivity index (χ1v) is 10.5. The molecule has 1 saturated carbocycles. The third-order valence-corrected chi connectivity index (χ3v) is 6.88. The molecule has 154 valence electrons. The van der Waals surface area contributed by atoms with Crippen LogP contribution in [-0.2, 0) is 24.6 Å². The monoisotopic (exact) mass is 429 g/mol. The molecule has 2 aliphatic rings. The van der Waals surface area contributed by atoms with Crippen LogP contribution in [-0.4, -0.2) is 20.1 Å². The molecule has 2 aromatic heterocycles. The number of allylic oxidation sites excluding steroid dienone is 1. The van der Waals surface area contributed by atoms with Crippen LogP contribution < -0.4 is 0 Å². The number of thiazole rings is 1. The second kappa shape index (κ2) is 6.99. The molecule has 8 heteroatoms. The van der Waals surface area contributed by atoms with Gasteiger partial charge in [-0.15, -0.1) is 11.3 Å². The maximum Gasteiger partial charge on any atom is 0.433 e. The fraction of sp³-hybridized carbons (Fsp3) is 0.318. The van der Waals surface area contributed by atoms with Gasteiger partial charge in [0.1, 0.15) is 22.1 Å². The zero-order valence-electron chi connectivity index (χ0n) is 15.9. The predicted molar refractivity (Wildman–Crippen MR) is 108 cm³/mol. The van der Waals surface area contributed by atoms with Gasteiger partial charge >= 0.3 is 6.18 Å². The number of fused-ring (bicyclic) bond motifs is 1. The van der Waals surface area contributed by atoms with Crippen molar-refractivity contribution in [3.05, 3.63) is 69.9 Å². The van der Waals surface area contributed by atoms with E-state index in [9.17, 15) is 18.3 Å². The second-order valence-electron chi connectivity index (χ2n) is 7.77. The largest absolute Gasteiger partial charge is 0.433 e. The molecule has 1 fully saturated rings. The average Bonchev–Trinajstić information content (AvgIpc) is 3.35. The van der Waals surface area contributed by atoms with Crippen LogP contribution in [0.1, 0.15) is 52.5 Å². The summed E-state index contributed by atoms with van der Waals surface area (Å²) in [5.41, 5.74) is 2.30. The molecule has 1 N–H and O–H groups in total. The first-order valence-electron chi connectivity index (χ1n) is 9.72. The van der Waals surface area contributed by atoms with E-state index < -0.39 is 17.5 Å². The Morgan fingerprint density at radius 3 is 2.73 bits per heavy atom. The van der Waals surface area contributed by atoms with Crippen molar-refractivity contribution in [2.45, 2.75) is 43.9 Å². The molecule has 0 aliphatic heterocycles. The van der Waals surface area contributed by atoms with Crippen LogP contribution in [0.3, 0.4) is 0 Å². The van der Waals surface area contributed by atoms with E-state index in [1.54, 1.807) is 6.20 Å². The molecule has 0 amide bonds. The number of aliphatic hydroxyl groups is 1. The number of halogens is 3. The lowest BCUT2D eigenvalue weighted by Crippen LogP contribution is -2.33. The Balaban J connectivity index is 1.50. The normalized spacial score (nSPS) is 17.1. The zero-order chi connectivity index (χ0) is 20.9. The Hall–Kier alpha value is -2.58. The summed E-state index contributed by atoms with van der Waals surface area (Å²) in [5.74, 6) is 0.135. The standard InChI is InChI=1S/C22H18F3N3OS/c23-22(24,25)18-5-8-26-19(28-18)11-13-9-14-3-1-4-15(14)16(10-13)17-12-27-20(30-17)21(29)6-2-7-21/h1,4-5,8-10,12,29H,2-3,6-7,11H2. The van der Waals surface area contributed by atoms with Gasteiger partial charge in [0.2, 0.25) is 0 Å². The summed E-state index contributed by atoms with van der Waals surface area (Å²) in [6.07, 6.45) is 6.00. The lowest BCUT2D eigenvalue weighted by molar-refractivity contribution is -0.141. The Kier molecular flexibility index (Phi) is 4.52. The van der Waals surface area contributed by atoms with Crippen molar-refractivity contribution < 1.29 is 18.3 Å². The SMILES string of the molecule is OC1(c2ncc(-c3cc(Cc4nccc(C(F)(F)F)n4)cc4c3C=CC4)s2)CCC1. The van der Waals surface area contributed by atoms with Crippen molar-refractivity contribution in [2.75, 3.05) is 0 Å². The van der Waals surface area contributed by atoms with E-state index in [0.29, 0.717) is 0 Å². The van der Waals surface area contributed by atoms with Crippen molar-refractivity contribution in [3.63, 3.8) is 0 Å². The van der Waals surface area contributed by atoms with Crippen molar-refractivity contribution in [3.8, 4) is 10.4 Å². The minimum absolute atomic E-state index is 0.135. The van der Waals surface area contributed by atoms with Crippen molar-refractivity contribution in [1.29, 1.82) is 0 Å². The van der Waals surface area contributed by atoms with E-state index in [4.69, 9.17) is 0 Å². The van der Waals surface area contributed by atoms with Crippen LogP contribution in [0.2, 0.25) is 0 Å². The molecule has 30 heavy (non-hydrogen) atoms. The molecule has 0 unspecified atom stereocenters. The molecular weight excluding hydrogens is 411 g/mol. The quantitative estimate of drug-likeness (QED) is 0.623. The molecule has 0 bridgehead atoms. The molecule has 2 aliphatic carbocycles. The van der Waals surface area contributed by atoms with Gasteiger partial charge in [-0.2, -0.15) is 13.2 Å². The van der Waals surface area contributed by atoms with E-state index in [1.807, 2.05) is 12.1 Å². The fourth-order valence-corrected chi connectivity index (χ4v) is 5.01. The molecule has 2 heterocycles. The van der Waals surface area contributed by atoms with Crippen LogP contribution in [0.5, 0.6) is 0 Å². The van der Waals surface area contributed by atoms with Gasteiger partial charge in [-0.05, 0) is 54.5 Å². The van der Waals surface area contributed by atoms with Gasteiger partial charge in [0.15, 0.2) is 0 Å². The molecule has 1 aromatic carbocycles. The van der Waals surface area contributed by atoms with E-state index in [-0.39, 0.29) is 12.2 Å². The molecule has 4 nitrogen and oxygen atoms in total. The van der Waals surface area contributed by atoms with Gasteiger partial charge < -0.3 is 5.11 Å². The fourth-order valence-electron chi connectivity index (χ4n) is 3.92. The number of hydrogen-bond donors (Lipinski definition) is 1. The van der Waals surface area contributed by atoms with E-state index >= 15 is 0 Å². The Bertz CT molecular complexity index is 1150. The van der Waals surface area contributed by atoms with Crippen LogP contribution in [0.15, 0.2) is 36.7 Å². The van der Waals surface area contributed by atoms with Gasteiger partial charge in [0.05, 0.1) is 4.88 Å². The maximum atomic E-state index is 13.0. The van der Waals surface area contributed by atoms with Crippen LogP contribution in [0.25, 0.3) is 16.5 Å². The minimum atomic E-state index is -4.49. The Morgan fingerprint density at radius 2 is 2.00 bits per heavy atom. The topological polar surface area (TPSA) is 58.9 Å². The zero-order valence-corrected chi connectivity index (χ0v) is 16.7. The predicted octanol–water partition coefficient (Wildman–Crippen LogP) is 5.15. The minimum Gasteiger partial charge on any atom is -0.383 e. The Labute approximate surface area is 175 Å². The van der Waals surface area contributed by atoms with Gasteiger partial charge in [0, 0.05) is 24.4 Å². The van der Waals surface area contributed by atoms with Crippen molar-refractivity contribution in [1.82, 2.24) is 15.0 Å². The lowest BCUT2D eigenvalue weighted by atomic mass is 9.81. The molecule has 5 rings (SSSR count). The number of benzene rings is 1. The number of hydrogen-bond acceptors (Lipinski definition) is 5. The van der Waals surface area contributed by atoms with Crippen LogP contribution in [0, 0.1) is 0 Å². The van der Waals surface area contributed by atoms with Crippen molar-refractivity contribution in [2.24, 2.45) is 0 Å². The highest BCUT2D eigenvalue weighted by Crippen LogP contribution is 2.45. The summed E-state index contributed by atoms with van der Waals surface area (Å²) in [7, 11) is 0. The number of aromatic nitrogens is 3. The lowest BCUT2D eigenvalue weighted by Gasteiger charge is -2.34. The Morgan fingerprint density at radius 1 is 1.17 bits per heavy atom. The third-order valence-electron chi connectivity index (χ3n) is 5.66. The van der Waals surface area contributed by atoms with Gasteiger partial charge in [-0.1, -0.05) is 18.2 Å². The summed E-state index contributed by atoms with van der Waals surface area (Å²) in [6, 6.07) is 4.86. The van der Waals surface area contributed by atoms with E-state index in [0.717, 1.165) is 70.1 Å². The van der Waals surface area contributed by atoms with E-state index in [1.165, 1.54) is 11.3 Å². The van der Waals surface area contributed by atoms with Gasteiger partial charge in [0.25, 0.3) is 0 Å². The molecule has 0 saturated heterocycles. The second-order valence-corrected chi connectivity index (χ2v) is 8.80. The maximum absolute atomic E-state index is 13.0. The van der Waals surface area contributed by atoms with Gasteiger partial charge in [-0.25, -0.2) is 15.0 Å². The highest BCUT2D eigenvalue weighted by Gasteiger charge is 2.39. The van der Waals surface area contributed by atoms with Crippen LogP contribution >= 0.6 is 11.3 Å². The summed E-state index contributed by atoms with van der Waals surface area (Å²) in [5, 5.41) is 11.3. The molecular formula is C22H18F3N3OS. The highest BCUT2D eigenvalue weighted by atomic mass is 32.1. The van der Waals surface area contributed by atoms with E-state index in [2.05, 4.69) is 27.1 Å². The number of nitrogens with zero attached hydrogens (tertiary/aromatic N) is 3. The summed E-state index contributed by atoms with van der Waals surface area (Å²) in [6.45, 7) is 0. The van der Waals surface area contributed by atoms with Crippen LogP contribution in [0.4, 0.5) is 13.2 Å². The molecule has 0 atom stereocenters. The number of alkyl halides is 3. The van der Waals surface area contributed by atoms with Crippen molar-refractivity contribution >= 4 is 17.4 Å². The van der Waals surface area contributed by atoms with Gasteiger partial charge in [-0.3, -0.25) is 0 Å². The molecule has 0 spiro atoms. The average molecular weight is 429 g/mol. The highest BCUT2D eigenvalue weighted by molar-refractivity contribution is 7.15. The number of rotatable bonds is 4.